The lowest BCUT2D eigenvalue weighted by Crippen LogP contribution is -2.15. The van der Waals surface area contributed by atoms with Crippen LogP contribution in [0.3, 0.4) is 0 Å². The Kier molecular flexibility index (Phi) is 4.79. The Morgan fingerprint density at radius 1 is 1.45 bits per heavy atom. The number of carboxylic acids is 1. The lowest BCUT2D eigenvalue weighted by atomic mass is 10.1. The molecule has 0 aliphatic carbocycles. The molecule has 0 fully saturated rings. The van der Waals surface area contributed by atoms with Gasteiger partial charge in [0.05, 0.1) is 5.52 Å². The number of fused-ring (bicyclic) bond motifs is 1. The molecule has 2 rings (SSSR count). The fourth-order valence-electron chi connectivity index (χ4n) is 2.14. The van der Waals surface area contributed by atoms with Gasteiger partial charge in [-0.05, 0) is 44.0 Å². The van der Waals surface area contributed by atoms with Crippen LogP contribution >= 0.6 is 11.6 Å². The van der Waals surface area contributed by atoms with Gasteiger partial charge in [0.2, 0.25) is 0 Å². The molecule has 1 aromatic heterocycles. The molecule has 1 unspecified atom stereocenters. The molecule has 2 N–H and O–H groups in total. The Morgan fingerprint density at radius 2 is 2.25 bits per heavy atom. The molecule has 0 aliphatic heterocycles. The van der Waals surface area contributed by atoms with Crippen molar-refractivity contribution in [3.63, 3.8) is 0 Å². The van der Waals surface area contributed by atoms with Crippen LogP contribution in [0.2, 0.25) is 5.02 Å². The topological polar surface area (TPSA) is 62.2 Å². The summed E-state index contributed by atoms with van der Waals surface area (Å²) in [5.74, 6) is -0.749. The van der Waals surface area contributed by atoms with Gasteiger partial charge in [-0.1, -0.05) is 11.6 Å². The van der Waals surface area contributed by atoms with E-state index in [1.54, 1.807) is 6.20 Å². The first-order valence-electron chi connectivity index (χ1n) is 6.59. The van der Waals surface area contributed by atoms with Gasteiger partial charge < -0.3 is 10.4 Å². The predicted molar refractivity (Wildman–Crippen MR) is 81.3 cm³/mol. The molecule has 106 valence electrons. The van der Waals surface area contributed by atoms with Crippen LogP contribution in [0, 0.1) is 0 Å². The number of benzene rings is 1. The van der Waals surface area contributed by atoms with Crippen molar-refractivity contribution in [1.82, 2.24) is 4.98 Å². The summed E-state index contributed by atoms with van der Waals surface area (Å²) in [6.45, 7) is 2.05. The average molecular weight is 293 g/mol. The van der Waals surface area contributed by atoms with Crippen molar-refractivity contribution in [1.29, 1.82) is 0 Å². The fourth-order valence-corrected chi connectivity index (χ4v) is 2.31. The molecule has 0 bridgehead atoms. The molecule has 0 saturated heterocycles. The molecule has 0 amide bonds. The smallest absolute Gasteiger partial charge is 0.303 e. The number of carbonyl (C=O) groups is 1. The molecule has 0 radical (unpaired) electrons. The van der Waals surface area contributed by atoms with Gasteiger partial charge in [0.1, 0.15) is 0 Å². The third-order valence-corrected chi connectivity index (χ3v) is 3.37. The van der Waals surface area contributed by atoms with Crippen molar-refractivity contribution in [3.05, 3.63) is 35.5 Å². The van der Waals surface area contributed by atoms with Gasteiger partial charge in [-0.3, -0.25) is 9.78 Å². The van der Waals surface area contributed by atoms with Crippen molar-refractivity contribution >= 4 is 34.2 Å². The Morgan fingerprint density at radius 3 is 3.00 bits per heavy atom. The van der Waals surface area contributed by atoms with Crippen molar-refractivity contribution in [3.8, 4) is 0 Å². The number of carboxylic acid groups (broad SMARTS) is 1. The molecular weight excluding hydrogens is 276 g/mol. The first-order valence-corrected chi connectivity index (χ1v) is 6.96. The van der Waals surface area contributed by atoms with Crippen LogP contribution in [0.5, 0.6) is 0 Å². The maximum absolute atomic E-state index is 10.5. The Labute approximate surface area is 122 Å². The van der Waals surface area contributed by atoms with E-state index in [0.717, 1.165) is 23.0 Å². The van der Waals surface area contributed by atoms with Gasteiger partial charge in [-0.25, -0.2) is 0 Å². The van der Waals surface area contributed by atoms with Crippen LogP contribution in [0.4, 0.5) is 5.69 Å². The summed E-state index contributed by atoms with van der Waals surface area (Å²) in [4.78, 5) is 14.8. The number of pyridine rings is 1. The highest BCUT2D eigenvalue weighted by Crippen LogP contribution is 2.25. The second-order valence-corrected chi connectivity index (χ2v) is 5.29. The van der Waals surface area contributed by atoms with E-state index in [-0.39, 0.29) is 12.5 Å². The van der Waals surface area contributed by atoms with Crippen LogP contribution in [-0.2, 0) is 4.79 Å². The Bertz CT molecular complexity index is 616. The van der Waals surface area contributed by atoms with Crippen LogP contribution < -0.4 is 5.32 Å². The van der Waals surface area contributed by atoms with Crippen LogP contribution in [0.15, 0.2) is 30.5 Å². The second kappa shape index (κ2) is 6.57. The summed E-state index contributed by atoms with van der Waals surface area (Å²) >= 11 is 5.96. The molecule has 20 heavy (non-hydrogen) atoms. The molecule has 0 saturated carbocycles. The molecule has 2 aromatic rings. The first-order chi connectivity index (χ1) is 9.56. The van der Waals surface area contributed by atoms with E-state index >= 15 is 0 Å². The molecule has 4 nitrogen and oxygen atoms in total. The summed E-state index contributed by atoms with van der Waals surface area (Å²) in [6, 6.07) is 7.74. The Hall–Kier alpha value is -1.81. The van der Waals surface area contributed by atoms with E-state index in [0.29, 0.717) is 11.4 Å². The minimum atomic E-state index is -0.749. The number of nitrogens with zero attached hydrogens (tertiary/aromatic N) is 1. The first kappa shape index (κ1) is 14.6. The van der Waals surface area contributed by atoms with Gasteiger partial charge in [0, 0.05) is 34.8 Å². The van der Waals surface area contributed by atoms with Crippen LogP contribution in [0.25, 0.3) is 10.9 Å². The summed E-state index contributed by atoms with van der Waals surface area (Å²) in [6.07, 6.45) is 3.42. The molecule has 1 atom stereocenters. The van der Waals surface area contributed by atoms with E-state index in [1.807, 2.05) is 31.2 Å². The molecular formula is C15H17ClN2O2. The van der Waals surface area contributed by atoms with Gasteiger partial charge >= 0.3 is 5.97 Å². The third kappa shape index (κ3) is 3.84. The molecule has 5 heteroatoms. The lowest BCUT2D eigenvalue weighted by molar-refractivity contribution is -0.137. The van der Waals surface area contributed by atoms with E-state index in [1.165, 1.54) is 0 Å². The molecule has 0 spiro atoms. The van der Waals surface area contributed by atoms with Gasteiger partial charge in [-0.15, -0.1) is 0 Å². The zero-order chi connectivity index (χ0) is 14.5. The van der Waals surface area contributed by atoms with Crippen molar-refractivity contribution in [2.75, 3.05) is 5.32 Å². The lowest BCUT2D eigenvalue weighted by Gasteiger charge is -2.16. The molecule has 0 aliphatic rings. The minimum Gasteiger partial charge on any atom is -0.481 e. The van der Waals surface area contributed by atoms with E-state index in [4.69, 9.17) is 16.7 Å². The number of halogens is 1. The standard InChI is InChI=1S/C15H17ClN2O2/c1-10(3-2-4-15(19)20)18-13-7-8-17-14-9-11(16)5-6-12(13)14/h5-10H,2-4H2,1H3,(H,17,18)(H,19,20). The fraction of sp³-hybridized carbons (Fsp3) is 0.333. The third-order valence-electron chi connectivity index (χ3n) is 3.13. The highest BCUT2D eigenvalue weighted by Gasteiger charge is 2.07. The number of hydrogen-bond donors (Lipinski definition) is 2. The minimum absolute atomic E-state index is 0.204. The summed E-state index contributed by atoms with van der Waals surface area (Å²) in [7, 11) is 0. The summed E-state index contributed by atoms with van der Waals surface area (Å²) in [5.41, 5.74) is 1.84. The average Bonchev–Trinajstić information content (AvgIpc) is 2.38. The highest BCUT2D eigenvalue weighted by atomic mass is 35.5. The maximum Gasteiger partial charge on any atom is 0.303 e. The van der Waals surface area contributed by atoms with Crippen molar-refractivity contribution in [2.45, 2.75) is 32.2 Å². The van der Waals surface area contributed by atoms with Crippen LogP contribution in [0.1, 0.15) is 26.2 Å². The summed E-state index contributed by atoms with van der Waals surface area (Å²) < 4.78 is 0. The van der Waals surface area contributed by atoms with Crippen molar-refractivity contribution < 1.29 is 9.90 Å². The van der Waals surface area contributed by atoms with E-state index in [9.17, 15) is 4.79 Å². The number of nitrogens with one attached hydrogen (secondary N) is 1. The molecule has 1 heterocycles. The Balaban J connectivity index is 2.07. The van der Waals surface area contributed by atoms with E-state index < -0.39 is 5.97 Å². The molecule has 1 aromatic carbocycles. The number of hydrogen-bond acceptors (Lipinski definition) is 3. The second-order valence-electron chi connectivity index (χ2n) is 4.85. The highest BCUT2D eigenvalue weighted by molar-refractivity contribution is 6.31. The number of anilines is 1. The predicted octanol–water partition coefficient (Wildman–Crippen LogP) is 3.94. The van der Waals surface area contributed by atoms with Gasteiger partial charge in [-0.2, -0.15) is 0 Å². The maximum atomic E-state index is 10.5. The zero-order valence-electron chi connectivity index (χ0n) is 11.3. The number of rotatable bonds is 6. The largest absolute Gasteiger partial charge is 0.481 e. The quantitative estimate of drug-likeness (QED) is 0.846. The van der Waals surface area contributed by atoms with Gasteiger partial charge in [0.25, 0.3) is 0 Å². The van der Waals surface area contributed by atoms with Crippen molar-refractivity contribution in [2.24, 2.45) is 0 Å². The summed E-state index contributed by atoms with van der Waals surface area (Å²) in [5, 5.41) is 13.7. The van der Waals surface area contributed by atoms with E-state index in [2.05, 4.69) is 10.3 Å². The number of aromatic nitrogens is 1. The zero-order valence-corrected chi connectivity index (χ0v) is 12.0. The SMILES string of the molecule is CC(CCCC(=O)O)Nc1ccnc2cc(Cl)ccc12. The normalized spacial score (nSPS) is 12.3. The van der Waals surface area contributed by atoms with Crippen LogP contribution in [-0.4, -0.2) is 22.1 Å². The van der Waals surface area contributed by atoms with Gasteiger partial charge in [0.15, 0.2) is 0 Å². The monoisotopic (exact) mass is 292 g/mol. The number of aliphatic carboxylic acids is 1.